The fourth-order valence-electron chi connectivity index (χ4n) is 2.11. The molecular weight excluding hydrogens is 257 g/mol. The van der Waals surface area contributed by atoms with Crippen molar-refractivity contribution in [1.29, 1.82) is 0 Å². The van der Waals surface area contributed by atoms with Crippen molar-refractivity contribution in [3.8, 4) is 0 Å². The first kappa shape index (κ1) is 13.9. The minimum absolute atomic E-state index is 0.152. The molecule has 0 unspecified atom stereocenters. The van der Waals surface area contributed by atoms with Gasteiger partial charge in [-0.05, 0) is 32.1 Å². The Morgan fingerprint density at radius 3 is 2.32 bits per heavy atom. The number of nitrogens with zero attached hydrogens (tertiary/aromatic N) is 2. The molecule has 1 amide bonds. The van der Waals surface area contributed by atoms with Gasteiger partial charge >= 0.3 is 0 Å². The molecule has 0 radical (unpaired) electrons. The van der Waals surface area contributed by atoms with Crippen LogP contribution in [-0.2, 0) is 0 Å². The lowest BCUT2D eigenvalue weighted by molar-refractivity contribution is 0.0761. The van der Waals surface area contributed by atoms with Crippen LogP contribution >= 0.6 is 0 Å². The Kier molecular flexibility index (Phi) is 4.09. The van der Waals surface area contributed by atoms with Gasteiger partial charge in [0.2, 0.25) is 0 Å². The average molecular weight is 272 g/mol. The highest BCUT2D eigenvalue weighted by Crippen LogP contribution is 2.16. The van der Waals surface area contributed by atoms with Crippen LogP contribution in [0.25, 0.3) is 0 Å². The van der Waals surface area contributed by atoms with E-state index < -0.39 is 23.4 Å². The van der Waals surface area contributed by atoms with Crippen molar-refractivity contribution in [2.45, 2.75) is 6.42 Å². The van der Waals surface area contributed by atoms with Crippen molar-refractivity contribution in [3.05, 3.63) is 35.1 Å². The molecular formula is C13H15F3N2O. The van der Waals surface area contributed by atoms with E-state index in [2.05, 4.69) is 4.90 Å². The summed E-state index contributed by atoms with van der Waals surface area (Å²) in [5.41, 5.74) is -0.152. The van der Waals surface area contributed by atoms with E-state index in [4.69, 9.17) is 0 Å². The lowest BCUT2D eigenvalue weighted by Gasteiger charge is -2.20. The molecule has 0 atom stereocenters. The van der Waals surface area contributed by atoms with Crippen LogP contribution < -0.4 is 0 Å². The molecule has 0 saturated carbocycles. The molecule has 0 aliphatic carbocycles. The predicted molar refractivity (Wildman–Crippen MR) is 64.3 cm³/mol. The van der Waals surface area contributed by atoms with E-state index in [0.29, 0.717) is 19.6 Å². The van der Waals surface area contributed by atoms with Crippen molar-refractivity contribution >= 4 is 5.91 Å². The number of likely N-dealkylation sites (N-methyl/N-ethyl adjacent to an activating group) is 1. The van der Waals surface area contributed by atoms with Gasteiger partial charge in [-0.25, -0.2) is 13.2 Å². The molecule has 1 saturated heterocycles. The molecule has 0 spiro atoms. The number of halogens is 3. The minimum atomic E-state index is -1.55. The first-order valence-electron chi connectivity index (χ1n) is 6.11. The highest BCUT2D eigenvalue weighted by Gasteiger charge is 2.21. The summed E-state index contributed by atoms with van der Waals surface area (Å²) in [6.07, 6.45) is 0.800. The standard InChI is InChI=1S/C13H15F3N2O/c1-17-3-2-4-18(6-5-17)13(19)9-7-10(14)12(16)11(15)8-9/h7-8H,2-6H2,1H3. The van der Waals surface area contributed by atoms with Gasteiger partial charge in [-0.1, -0.05) is 0 Å². The molecule has 1 aromatic rings. The van der Waals surface area contributed by atoms with Crippen molar-refractivity contribution in [1.82, 2.24) is 9.80 Å². The van der Waals surface area contributed by atoms with Gasteiger partial charge < -0.3 is 9.80 Å². The highest BCUT2D eigenvalue weighted by atomic mass is 19.2. The lowest BCUT2D eigenvalue weighted by atomic mass is 10.1. The number of hydrogen-bond donors (Lipinski definition) is 0. The second-order valence-corrected chi connectivity index (χ2v) is 4.70. The molecule has 19 heavy (non-hydrogen) atoms. The van der Waals surface area contributed by atoms with Crippen LogP contribution in [0.1, 0.15) is 16.8 Å². The van der Waals surface area contributed by atoms with Gasteiger partial charge in [0.1, 0.15) is 0 Å². The predicted octanol–water partition coefficient (Wildman–Crippen LogP) is 1.88. The number of hydrogen-bond acceptors (Lipinski definition) is 2. The number of carbonyl (C=O) groups excluding carboxylic acids is 1. The fourth-order valence-corrected chi connectivity index (χ4v) is 2.11. The van der Waals surface area contributed by atoms with Crippen LogP contribution in [-0.4, -0.2) is 48.9 Å². The van der Waals surface area contributed by atoms with Crippen LogP contribution in [0, 0.1) is 17.5 Å². The largest absolute Gasteiger partial charge is 0.337 e. The maximum absolute atomic E-state index is 13.1. The third-order valence-electron chi connectivity index (χ3n) is 3.24. The molecule has 0 aromatic heterocycles. The molecule has 1 heterocycles. The van der Waals surface area contributed by atoms with Crippen LogP contribution in [0.3, 0.4) is 0 Å². The van der Waals surface area contributed by atoms with Gasteiger partial charge in [0, 0.05) is 25.2 Å². The number of amides is 1. The van der Waals surface area contributed by atoms with Crippen LogP contribution in [0.5, 0.6) is 0 Å². The molecule has 1 aliphatic rings. The molecule has 0 bridgehead atoms. The van der Waals surface area contributed by atoms with Gasteiger partial charge in [-0.2, -0.15) is 0 Å². The zero-order chi connectivity index (χ0) is 14.0. The van der Waals surface area contributed by atoms with Crippen molar-refractivity contribution < 1.29 is 18.0 Å². The Morgan fingerprint density at radius 1 is 1.05 bits per heavy atom. The summed E-state index contributed by atoms with van der Waals surface area (Å²) in [5.74, 6) is -4.69. The number of carbonyl (C=O) groups is 1. The van der Waals surface area contributed by atoms with Crippen LogP contribution in [0.4, 0.5) is 13.2 Å². The summed E-state index contributed by atoms with van der Waals surface area (Å²) in [6, 6.07) is 1.49. The molecule has 104 valence electrons. The van der Waals surface area contributed by atoms with E-state index in [1.54, 1.807) is 0 Å². The minimum Gasteiger partial charge on any atom is -0.337 e. The Balaban J connectivity index is 2.19. The van der Waals surface area contributed by atoms with Crippen LogP contribution in [0.2, 0.25) is 0 Å². The fraction of sp³-hybridized carbons (Fsp3) is 0.462. The summed E-state index contributed by atoms with van der Waals surface area (Å²) in [6.45, 7) is 2.60. The van der Waals surface area contributed by atoms with E-state index >= 15 is 0 Å². The van der Waals surface area contributed by atoms with E-state index in [1.165, 1.54) is 4.90 Å². The Hall–Kier alpha value is -1.56. The molecule has 1 fully saturated rings. The van der Waals surface area contributed by atoms with Gasteiger partial charge in [-0.15, -0.1) is 0 Å². The Bertz CT molecular complexity index is 470. The third kappa shape index (κ3) is 3.07. The molecule has 2 rings (SSSR count). The number of rotatable bonds is 1. The first-order chi connectivity index (χ1) is 8.99. The van der Waals surface area contributed by atoms with E-state index in [1.807, 2.05) is 7.05 Å². The SMILES string of the molecule is CN1CCCN(C(=O)c2cc(F)c(F)c(F)c2)CC1. The van der Waals surface area contributed by atoms with Gasteiger partial charge in [-0.3, -0.25) is 4.79 Å². The van der Waals surface area contributed by atoms with Crippen molar-refractivity contribution in [2.75, 3.05) is 33.2 Å². The second-order valence-electron chi connectivity index (χ2n) is 4.70. The van der Waals surface area contributed by atoms with E-state index in [0.717, 1.165) is 25.1 Å². The Labute approximate surface area is 109 Å². The molecule has 3 nitrogen and oxygen atoms in total. The maximum Gasteiger partial charge on any atom is 0.254 e. The topological polar surface area (TPSA) is 23.6 Å². The lowest BCUT2D eigenvalue weighted by Crippen LogP contribution is -2.34. The summed E-state index contributed by atoms with van der Waals surface area (Å²) >= 11 is 0. The molecule has 0 N–H and O–H groups in total. The van der Waals surface area contributed by atoms with Crippen molar-refractivity contribution in [3.63, 3.8) is 0 Å². The summed E-state index contributed by atoms with van der Waals surface area (Å²) < 4.78 is 39.1. The molecule has 1 aliphatic heterocycles. The monoisotopic (exact) mass is 272 g/mol. The normalized spacial score (nSPS) is 17.4. The molecule has 1 aromatic carbocycles. The Morgan fingerprint density at radius 2 is 1.68 bits per heavy atom. The van der Waals surface area contributed by atoms with Gasteiger partial charge in [0.05, 0.1) is 0 Å². The van der Waals surface area contributed by atoms with Crippen LogP contribution in [0.15, 0.2) is 12.1 Å². The zero-order valence-corrected chi connectivity index (χ0v) is 10.6. The second kappa shape index (κ2) is 5.61. The summed E-state index contributed by atoms with van der Waals surface area (Å²) in [4.78, 5) is 15.7. The quantitative estimate of drug-likeness (QED) is 0.729. The summed E-state index contributed by atoms with van der Waals surface area (Å²) in [5, 5.41) is 0. The van der Waals surface area contributed by atoms with Crippen molar-refractivity contribution in [2.24, 2.45) is 0 Å². The van der Waals surface area contributed by atoms with Gasteiger partial charge in [0.25, 0.3) is 5.91 Å². The average Bonchev–Trinajstić information content (AvgIpc) is 2.59. The molecule has 6 heteroatoms. The summed E-state index contributed by atoms with van der Waals surface area (Å²) in [7, 11) is 1.95. The first-order valence-corrected chi connectivity index (χ1v) is 6.11. The third-order valence-corrected chi connectivity index (χ3v) is 3.24. The maximum atomic E-state index is 13.1. The van der Waals surface area contributed by atoms with Gasteiger partial charge in [0.15, 0.2) is 17.5 Å². The van der Waals surface area contributed by atoms with E-state index in [-0.39, 0.29) is 5.56 Å². The highest BCUT2D eigenvalue weighted by molar-refractivity contribution is 5.94. The zero-order valence-electron chi connectivity index (χ0n) is 10.6. The number of benzene rings is 1. The van der Waals surface area contributed by atoms with E-state index in [9.17, 15) is 18.0 Å². The smallest absolute Gasteiger partial charge is 0.254 e.